The summed E-state index contributed by atoms with van der Waals surface area (Å²) in [5.41, 5.74) is 0.975. The normalized spacial score (nSPS) is 10.7. The van der Waals surface area contributed by atoms with Crippen LogP contribution in [0.3, 0.4) is 0 Å². The van der Waals surface area contributed by atoms with Gasteiger partial charge in [0.25, 0.3) is 5.69 Å². The van der Waals surface area contributed by atoms with Crippen molar-refractivity contribution in [1.29, 1.82) is 0 Å². The van der Waals surface area contributed by atoms with Crippen LogP contribution in [0.25, 0.3) is 6.08 Å². The molecule has 1 aromatic heterocycles. The predicted octanol–water partition coefficient (Wildman–Crippen LogP) is 0.818. The Bertz CT molecular complexity index is 297. The maximum absolute atomic E-state index is 8.63. The second kappa shape index (κ2) is 6.16. The lowest BCUT2D eigenvalue weighted by Crippen LogP contribution is -2.44. The summed E-state index contributed by atoms with van der Waals surface area (Å²) < 4.78 is 1.72. The largest absolute Gasteiger partial charge is 0.396 e. The quantitative estimate of drug-likeness (QED) is 0.704. The zero-order valence-corrected chi connectivity index (χ0v) is 8.39. The SMILES string of the molecule is CCO[n+]1ccccc1C=CCCO. The van der Waals surface area contributed by atoms with Gasteiger partial charge in [-0.2, -0.15) is 0 Å². The molecule has 76 valence electrons. The zero-order valence-electron chi connectivity index (χ0n) is 8.39. The van der Waals surface area contributed by atoms with Crippen LogP contribution in [0.2, 0.25) is 0 Å². The van der Waals surface area contributed by atoms with Crippen molar-refractivity contribution >= 4 is 6.08 Å². The predicted molar refractivity (Wildman–Crippen MR) is 54.5 cm³/mol. The molecule has 0 spiro atoms. The Morgan fingerprint density at radius 2 is 2.36 bits per heavy atom. The Balaban J connectivity index is 2.73. The van der Waals surface area contributed by atoms with Crippen LogP contribution in [-0.4, -0.2) is 18.3 Å². The van der Waals surface area contributed by atoms with Gasteiger partial charge in [-0.1, -0.05) is 6.08 Å². The second-order valence-electron chi connectivity index (χ2n) is 2.78. The topological polar surface area (TPSA) is 33.3 Å². The van der Waals surface area contributed by atoms with Gasteiger partial charge in [0.15, 0.2) is 6.61 Å². The Morgan fingerprint density at radius 3 is 3.07 bits per heavy atom. The summed E-state index contributed by atoms with van der Waals surface area (Å²) >= 11 is 0. The van der Waals surface area contributed by atoms with Gasteiger partial charge in [-0.15, -0.1) is 0 Å². The van der Waals surface area contributed by atoms with E-state index < -0.39 is 0 Å². The smallest absolute Gasteiger partial charge is 0.257 e. The van der Waals surface area contributed by atoms with Crippen molar-refractivity contribution in [1.82, 2.24) is 0 Å². The van der Waals surface area contributed by atoms with Crippen molar-refractivity contribution in [2.45, 2.75) is 13.3 Å². The molecule has 1 heterocycles. The Hall–Kier alpha value is -1.35. The van der Waals surface area contributed by atoms with Crippen LogP contribution in [-0.2, 0) is 0 Å². The van der Waals surface area contributed by atoms with Gasteiger partial charge in [-0.25, -0.2) is 0 Å². The summed E-state index contributed by atoms with van der Waals surface area (Å²) in [5, 5.41) is 8.63. The summed E-state index contributed by atoms with van der Waals surface area (Å²) in [6.45, 7) is 2.76. The monoisotopic (exact) mass is 194 g/mol. The minimum Gasteiger partial charge on any atom is -0.396 e. The Morgan fingerprint density at radius 1 is 1.50 bits per heavy atom. The molecular weight excluding hydrogens is 178 g/mol. The van der Waals surface area contributed by atoms with E-state index in [-0.39, 0.29) is 6.61 Å². The van der Waals surface area contributed by atoms with E-state index in [2.05, 4.69) is 0 Å². The summed E-state index contributed by atoms with van der Waals surface area (Å²) in [6, 6.07) is 5.83. The lowest BCUT2D eigenvalue weighted by Gasteiger charge is -1.96. The number of aromatic nitrogens is 1. The molecule has 3 nitrogen and oxygen atoms in total. The summed E-state index contributed by atoms with van der Waals surface area (Å²) in [7, 11) is 0. The van der Waals surface area contributed by atoms with Gasteiger partial charge in [-0.3, -0.25) is 4.84 Å². The highest BCUT2D eigenvalue weighted by atomic mass is 16.7. The number of nitrogens with zero attached hydrogens (tertiary/aromatic N) is 1. The van der Waals surface area contributed by atoms with Crippen LogP contribution >= 0.6 is 0 Å². The first-order valence-corrected chi connectivity index (χ1v) is 4.80. The fourth-order valence-corrected chi connectivity index (χ4v) is 1.11. The average Bonchev–Trinajstić information content (AvgIpc) is 2.21. The standard InChI is InChI=1S/C11H16NO2/c1-2-14-12-9-5-3-7-11(12)8-4-6-10-13/h3-5,7-9,13H,2,6,10H2,1H3/q+1. The Labute approximate surface area is 84.2 Å². The van der Waals surface area contributed by atoms with Crippen molar-refractivity contribution in [2.75, 3.05) is 13.2 Å². The van der Waals surface area contributed by atoms with Crippen molar-refractivity contribution in [3.63, 3.8) is 0 Å². The van der Waals surface area contributed by atoms with Crippen LogP contribution in [0.5, 0.6) is 0 Å². The zero-order chi connectivity index (χ0) is 10.2. The molecular formula is C11H16NO2+. The molecule has 0 radical (unpaired) electrons. The van der Waals surface area contributed by atoms with E-state index in [9.17, 15) is 0 Å². The van der Waals surface area contributed by atoms with Gasteiger partial charge in [0, 0.05) is 29.5 Å². The number of rotatable bonds is 5. The van der Waals surface area contributed by atoms with E-state index in [1.54, 1.807) is 4.73 Å². The first-order valence-electron chi connectivity index (χ1n) is 4.80. The Kier molecular flexibility index (Phi) is 4.72. The van der Waals surface area contributed by atoms with Gasteiger partial charge in [-0.05, 0) is 19.4 Å². The molecule has 0 bridgehead atoms. The molecule has 0 aromatic carbocycles. The van der Waals surface area contributed by atoms with E-state index in [1.807, 2.05) is 43.5 Å². The molecule has 1 rings (SSSR count). The molecule has 0 fully saturated rings. The maximum Gasteiger partial charge on any atom is 0.257 e. The molecule has 14 heavy (non-hydrogen) atoms. The number of pyridine rings is 1. The van der Waals surface area contributed by atoms with Gasteiger partial charge in [0.05, 0.1) is 0 Å². The van der Waals surface area contributed by atoms with E-state index in [4.69, 9.17) is 9.94 Å². The second-order valence-corrected chi connectivity index (χ2v) is 2.78. The third-order valence-electron chi connectivity index (χ3n) is 1.71. The van der Waals surface area contributed by atoms with Crippen LogP contribution < -0.4 is 9.57 Å². The lowest BCUT2D eigenvalue weighted by molar-refractivity contribution is -0.892. The maximum atomic E-state index is 8.63. The minimum atomic E-state index is 0.179. The summed E-state index contributed by atoms with van der Waals surface area (Å²) in [6.07, 6.45) is 6.39. The fraction of sp³-hybridized carbons (Fsp3) is 0.364. The number of aliphatic hydroxyl groups is 1. The first kappa shape index (κ1) is 10.7. The van der Waals surface area contributed by atoms with Crippen LogP contribution in [0, 0.1) is 0 Å². The molecule has 3 heteroatoms. The van der Waals surface area contributed by atoms with E-state index >= 15 is 0 Å². The highest BCUT2D eigenvalue weighted by Gasteiger charge is 2.05. The first-order chi connectivity index (χ1) is 6.88. The van der Waals surface area contributed by atoms with Crippen LogP contribution in [0.15, 0.2) is 30.5 Å². The number of aliphatic hydroxyl groups excluding tert-OH is 1. The van der Waals surface area contributed by atoms with Crippen LogP contribution in [0.1, 0.15) is 19.0 Å². The van der Waals surface area contributed by atoms with Gasteiger partial charge in [0.2, 0.25) is 6.20 Å². The molecule has 0 aliphatic heterocycles. The van der Waals surface area contributed by atoms with Crippen molar-refractivity contribution in [2.24, 2.45) is 0 Å². The molecule has 1 aromatic rings. The molecule has 0 atom stereocenters. The van der Waals surface area contributed by atoms with Gasteiger partial charge in [0.1, 0.15) is 0 Å². The number of hydrogen-bond donors (Lipinski definition) is 1. The molecule has 0 amide bonds. The summed E-state index contributed by atoms with van der Waals surface area (Å²) in [4.78, 5) is 5.37. The average molecular weight is 194 g/mol. The van der Waals surface area contributed by atoms with E-state index in [0.717, 1.165) is 5.69 Å². The van der Waals surface area contributed by atoms with Crippen molar-refractivity contribution < 1.29 is 14.7 Å². The minimum absolute atomic E-state index is 0.179. The van der Waals surface area contributed by atoms with E-state index in [0.29, 0.717) is 13.0 Å². The third kappa shape index (κ3) is 3.18. The highest BCUT2D eigenvalue weighted by Crippen LogP contribution is 1.95. The van der Waals surface area contributed by atoms with Crippen molar-refractivity contribution in [3.05, 3.63) is 36.2 Å². The van der Waals surface area contributed by atoms with Crippen LogP contribution in [0.4, 0.5) is 0 Å². The fourth-order valence-electron chi connectivity index (χ4n) is 1.11. The third-order valence-corrected chi connectivity index (χ3v) is 1.71. The number of hydrogen-bond acceptors (Lipinski definition) is 2. The van der Waals surface area contributed by atoms with Gasteiger partial charge < -0.3 is 5.11 Å². The lowest BCUT2D eigenvalue weighted by atomic mass is 10.3. The van der Waals surface area contributed by atoms with Gasteiger partial charge >= 0.3 is 0 Å². The molecule has 0 aliphatic carbocycles. The molecule has 0 saturated carbocycles. The molecule has 0 aliphatic rings. The molecule has 1 N–H and O–H groups in total. The van der Waals surface area contributed by atoms with Crippen molar-refractivity contribution in [3.8, 4) is 0 Å². The summed E-state index contributed by atoms with van der Waals surface area (Å²) in [5.74, 6) is 0. The van der Waals surface area contributed by atoms with E-state index in [1.165, 1.54) is 0 Å². The highest BCUT2D eigenvalue weighted by molar-refractivity contribution is 5.40. The molecule has 0 unspecified atom stereocenters. The molecule has 0 saturated heterocycles.